The van der Waals surface area contributed by atoms with Gasteiger partial charge < -0.3 is 10.3 Å². The normalized spacial score (nSPS) is 12.1. The molecule has 0 unspecified atom stereocenters. The maximum absolute atomic E-state index is 6.04. The molecule has 3 nitrogen and oxygen atoms in total. The Labute approximate surface area is 86.3 Å². The summed E-state index contributed by atoms with van der Waals surface area (Å²) in [4.78, 5) is 4.61. The van der Waals surface area contributed by atoms with Crippen molar-refractivity contribution >= 4 is 5.82 Å². The lowest BCUT2D eigenvalue weighted by molar-refractivity contribution is 0.493. The molecule has 0 amide bonds. The first-order valence-electron chi connectivity index (χ1n) is 5.25. The van der Waals surface area contributed by atoms with Crippen LogP contribution in [-0.4, -0.2) is 9.55 Å². The summed E-state index contributed by atoms with van der Waals surface area (Å²) in [5.41, 5.74) is 7.16. The monoisotopic (exact) mass is 195 g/mol. The van der Waals surface area contributed by atoms with E-state index in [9.17, 15) is 0 Å². The summed E-state index contributed by atoms with van der Waals surface area (Å²) < 4.78 is 1.99. The molecule has 0 fully saturated rings. The van der Waals surface area contributed by atoms with E-state index in [0.717, 1.165) is 30.2 Å². The molecule has 0 radical (unpaired) electrons. The predicted octanol–water partition coefficient (Wildman–Crippen LogP) is 2.25. The fraction of sp³-hybridized carbons (Fsp3) is 0.727. The number of anilines is 1. The van der Waals surface area contributed by atoms with E-state index in [1.54, 1.807) is 0 Å². The van der Waals surface area contributed by atoms with Crippen molar-refractivity contribution in [2.45, 2.75) is 46.0 Å². The van der Waals surface area contributed by atoms with E-state index >= 15 is 0 Å². The zero-order valence-corrected chi connectivity index (χ0v) is 9.89. The van der Waals surface area contributed by atoms with Gasteiger partial charge >= 0.3 is 0 Å². The molecule has 80 valence electrons. The molecule has 2 N–H and O–H groups in total. The molecule has 0 atom stereocenters. The summed E-state index contributed by atoms with van der Waals surface area (Å²) in [6, 6.07) is 0. The van der Waals surface area contributed by atoms with Crippen LogP contribution >= 0.6 is 0 Å². The predicted molar refractivity (Wildman–Crippen MR) is 60.3 cm³/mol. The van der Waals surface area contributed by atoms with Crippen LogP contribution in [0.25, 0.3) is 0 Å². The second-order valence-corrected chi connectivity index (χ2v) is 4.41. The van der Waals surface area contributed by atoms with Gasteiger partial charge in [-0.05, 0) is 6.42 Å². The summed E-state index contributed by atoms with van der Waals surface area (Å²) in [6.45, 7) is 8.64. The lowest BCUT2D eigenvalue weighted by Crippen LogP contribution is -2.18. The van der Waals surface area contributed by atoms with Gasteiger partial charge in [-0.25, -0.2) is 4.98 Å². The van der Waals surface area contributed by atoms with Crippen LogP contribution in [0.5, 0.6) is 0 Å². The van der Waals surface area contributed by atoms with Crippen LogP contribution in [0, 0.1) is 0 Å². The Morgan fingerprint density at radius 1 is 1.36 bits per heavy atom. The number of hydrogen-bond donors (Lipinski definition) is 1. The Kier molecular flexibility index (Phi) is 2.88. The van der Waals surface area contributed by atoms with Gasteiger partial charge in [0.2, 0.25) is 0 Å². The van der Waals surface area contributed by atoms with Crippen LogP contribution in [0.2, 0.25) is 0 Å². The second-order valence-electron chi connectivity index (χ2n) is 4.41. The smallest absolute Gasteiger partial charge is 0.127 e. The van der Waals surface area contributed by atoms with Crippen molar-refractivity contribution in [1.82, 2.24) is 9.55 Å². The standard InChI is InChI=1S/C11H21N3/c1-6-8-13-9(10(12)14(8)5)11(3,4)7-2/h6-7,12H2,1-5H3. The summed E-state index contributed by atoms with van der Waals surface area (Å²) in [5, 5.41) is 0. The quantitative estimate of drug-likeness (QED) is 0.804. The SMILES string of the molecule is CCc1nc(C(C)(C)CC)c(N)n1C. The third kappa shape index (κ3) is 1.63. The van der Waals surface area contributed by atoms with Crippen molar-refractivity contribution < 1.29 is 0 Å². The zero-order valence-electron chi connectivity index (χ0n) is 9.89. The lowest BCUT2D eigenvalue weighted by Gasteiger charge is -2.20. The van der Waals surface area contributed by atoms with Gasteiger partial charge in [0.15, 0.2) is 0 Å². The van der Waals surface area contributed by atoms with Gasteiger partial charge in [0, 0.05) is 18.9 Å². The van der Waals surface area contributed by atoms with Gasteiger partial charge in [-0.2, -0.15) is 0 Å². The molecular weight excluding hydrogens is 174 g/mol. The number of aromatic nitrogens is 2. The zero-order chi connectivity index (χ0) is 10.9. The molecule has 1 aromatic rings. The van der Waals surface area contributed by atoms with Crippen LogP contribution in [-0.2, 0) is 18.9 Å². The second kappa shape index (κ2) is 3.64. The molecule has 0 saturated carbocycles. The number of aryl methyl sites for hydroxylation is 1. The van der Waals surface area contributed by atoms with Crippen LogP contribution in [0.3, 0.4) is 0 Å². The number of nitrogens with zero attached hydrogens (tertiary/aromatic N) is 2. The Morgan fingerprint density at radius 3 is 2.29 bits per heavy atom. The molecule has 1 heterocycles. The number of hydrogen-bond acceptors (Lipinski definition) is 2. The van der Waals surface area contributed by atoms with Crippen LogP contribution < -0.4 is 5.73 Å². The fourth-order valence-electron chi connectivity index (χ4n) is 1.54. The minimum Gasteiger partial charge on any atom is -0.384 e. The van der Waals surface area contributed by atoms with Crippen molar-refractivity contribution in [1.29, 1.82) is 0 Å². The van der Waals surface area contributed by atoms with E-state index < -0.39 is 0 Å². The van der Waals surface area contributed by atoms with Gasteiger partial charge in [0.1, 0.15) is 11.6 Å². The van der Waals surface area contributed by atoms with Crippen LogP contribution in [0.15, 0.2) is 0 Å². The van der Waals surface area contributed by atoms with Gasteiger partial charge in [-0.1, -0.05) is 27.7 Å². The van der Waals surface area contributed by atoms with E-state index in [1.807, 2.05) is 11.6 Å². The lowest BCUT2D eigenvalue weighted by atomic mass is 9.86. The van der Waals surface area contributed by atoms with Gasteiger partial charge in [0.25, 0.3) is 0 Å². The average molecular weight is 195 g/mol. The third-order valence-corrected chi connectivity index (χ3v) is 3.07. The molecule has 1 rings (SSSR count). The number of rotatable bonds is 3. The molecule has 0 aliphatic heterocycles. The first-order chi connectivity index (χ1) is 6.44. The van der Waals surface area contributed by atoms with Crippen molar-refractivity contribution in [3.8, 4) is 0 Å². The van der Waals surface area contributed by atoms with Crippen LogP contribution in [0.1, 0.15) is 45.6 Å². The summed E-state index contributed by atoms with van der Waals surface area (Å²) in [7, 11) is 1.98. The van der Waals surface area contributed by atoms with E-state index in [0.29, 0.717) is 0 Å². The molecule has 0 aliphatic carbocycles. The van der Waals surface area contributed by atoms with E-state index in [2.05, 4.69) is 32.7 Å². The highest BCUT2D eigenvalue weighted by Gasteiger charge is 2.25. The summed E-state index contributed by atoms with van der Waals surface area (Å²) in [5.74, 6) is 1.88. The summed E-state index contributed by atoms with van der Waals surface area (Å²) in [6.07, 6.45) is 1.98. The maximum Gasteiger partial charge on any atom is 0.127 e. The fourth-order valence-corrected chi connectivity index (χ4v) is 1.54. The van der Waals surface area contributed by atoms with Gasteiger partial charge in [-0.15, -0.1) is 0 Å². The molecule has 1 aromatic heterocycles. The largest absolute Gasteiger partial charge is 0.384 e. The highest BCUT2D eigenvalue weighted by Crippen LogP contribution is 2.30. The number of imidazole rings is 1. The Bertz CT molecular complexity index is 324. The molecule has 14 heavy (non-hydrogen) atoms. The Hall–Kier alpha value is -0.990. The average Bonchev–Trinajstić information content (AvgIpc) is 2.44. The highest BCUT2D eigenvalue weighted by atomic mass is 15.1. The number of nitrogens with two attached hydrogens (primary N) is 1. The van der Waals surface area contributed by atoms with Crippen molar-refractivity contribution in [3.05, 3.63) is 11.5 Å². The molecule has 0 aliphatic rings. The summed E-state index contributed by atoms with van der Waals surface area (Å²) >= 11 is 0. The number of nitrogen functional groups attached to an aromatic ring is 1. The first kappa shape index (κ1) is 11.1. The first-order valence-corrected chi connectivity index (χ1v) is 5.25. The van der Waals surface area contributed by atoms with Crippen molar-refractivity contribution in [3.63, 3.8) is 0 Å². The topological polar surface area (TPSA) is 43.8 Å². The molecule has 0 spiro atoms. The van der Waals surface area contributed by atoms with Gasteiger partial charge in [-0.3, -0.25) is 0 Å². The van der Waals surface area contributed by atoms with Crippen LogP contribution in [0.4, 0.5) is 5.82 Å². The van der Waals surface area contributed by atoms with E-state index in [-0.39, 0.29) is 5.41 Å². The van der Waals surface area contributed by atoms with E-state index in [4.69, 9.17) is 5.73 Å². The minimum atomic E-state index is 0.0786. The molecule has 3 heteroatoms. The third-order valence-electron chi connectivity index (χ3n) is 3.07. The van der Waals surface area contributed by atoms with Gasteiger partial charge in [0.05, 0.1) is 5.69 Å². The minimum absolute atomic E-state index is 0.0786. The Morgan fingerprint density at radius 2 is 1.93 bits per heavy atom. The van der Waals surface area contributed by atoms with E-state index in [1.165, 1.54) is 0 Å². The van der Waals surface area contributed by atoms with Crippen molar-refractivity contribution in [2.24, 2.45) is 7.05 Å². The molecule has 0 aromatic carbocycles. The Balaban J connectivity index is 3.23. The highest BCUT2D eigenvalue weighted by molar-refractivity contribution is 5.42. The maximum atomic E-state index is 6.04. The molecular formula is C11H21N3. The molecule has 0 bridgehead atoms. The molecule has 0 saturated heterocycles. The van der Waals surface area contributed by atoms with Crippen molar-refractivity contribution in [2.75, 3.05) is 5.73 Å².